The summed E-state index contributed by atoms with van der Waals surface area (Å²) in [6.07, 6.45) is 1.02. The van der Waals surface area contributed by atoms with Crippen LogP contribution in [0.3, 0.4) is 0 Å². The second-order valence-corrected chi connectivity index (χ2v) is 6.92. The van der Waals surface area contributed by atoms with Gasteiger partial charge in [0.2, 0.25) is 0 Å². The zero-order valence-electron chi connectivity index (χ0n) is 17.1. The molecule has 0 aliphatic heterocycles. The minimum atomic E-state index is 0.359. The number of anilines is 1. The van der Waals surface area contributed by atoms with Crippen molar-refractivity contribution in [3.05, 3.63) is 96.1 Å². The van der Waals surface area contributed by atoms with Gasteiger partial charge in [0.25, 0.3) is 5.95 Å². The summed E-state index contributed by atoms with van der Waals surface area (Å²) in [6.45, 7) is 4.10. The minimum Gasteiger partial charge on any atom is -0.244 e. The standard InChI is InChI=1S/C25H23N5/c1-3-19-14-16-20(17-15-19)18(2)27-29-25-26-23(21-10-6-4-7-11-21)24(28-30-25)22-12-8-5-9-13-22/h4-17H,3H2,1-2H3,(H,26,29,30)/b27-18+. The quantitative estimate of drug-likeness (QED) is 0.342. The van der Waals surface area contributed by atoms with Crippen LogP contribution in [0.15, 0.2) is 90.0 Å². The second-order valence-electron chi connectivity index (χ2n) is 6.92. The summed E-state index contributed by atoms with van der Waals surface area (Å²) in [4.78, 5) is 4.72. The molecule has 0 atom stereocenters. The normalized spacial score (nSPS) is 11.3. The number of aromatic nitrogens is 3. The predicted molar refractivity (Wildman–Crippen MR) is 122 cm³/mol. The predicted octanol–water partition coefficient (Wildman–Crippen LogP) is 5.60. The molecule has 4 aromatic rings. The van der Waals surface area contributed by atoms with Crippen LogP contribution < -0.4 is 5.43 Å². The molecule has 30 heavy (non-hydrogen) atoms. The SMILES string of the molecule is CCc1ccc(/C(C)=N/Nc2nnc(-c3ccccc3)c(-c3ccccc3)n2)cc1. The largest absolute Gasteiger partial charge is 0.263 e. The average molecular weight is 393 g/mol. The van der Waals surface area contributed by atoms with Crippen molar-refractivity contribution in [2.24, 2.45) is 5.10 Å². The summed E-state index contributed by atoms with van der Waals surface area (Å²) in [7, 11) is 0. The number of rotatable bonds is 6. The van der Waals surface area contributed by atoms with Crippen molar-refractivity contribution >= 4 is 11.7 Å². The molecule has 5 heteroatoms. The highest BCUT2D eigenvalue weighted by Gasteiger charge is 2.13. The molecule has 148 valence electrons. The van der Waals surface area contributed by atoms with E-state index in [4.69, 9.17) is 4.98 Å². The molecular weight excluding hydrogens is 370 g/mol. The van der Waals surface area contributed by atoms with E-state index in [1.807, 2.05) is 67.6 Å². The van der Waals surface area contributed by atoms with Crippen LogP contribution in [-0.4, -0.2) is 20.9 Å². The first-order chi connectivity index (χ1) is 14.7. The molecule has 5 nitrogen and oxygen atoms in total. The van der Waals surface area contributed by atoms with Gasteiger partial charge in [-0.3, -0.25) is 0 Å². The van der Waals surface area contributed by atoms with Gasteiger partial charge in [0.15, 0.2) is 0 Å². The smallest absolute Gasteiger partial charge is 0.244 e. The molecule has 4 rings (SSSR count). The number of nitrogens with zero attached hydrogens (tertiary/aromatic N) is 4. The fraction of sp³-hybridized carbons (Fsp3) is 0.120. The number of hydrogen-bond donors (Lipinski definition) is 1. The Labute approximate surface area is 176 Å². The highest BCUT2D eigenvalue weighted by Crippen LogP contribution is 2.28. The van der Waals surface area contributed by atoms with E-state index in [2.05, 4.69) is 51.9 Å². The van der Waals surface area contributed by atoms with E-state index in [1.54, 1.807) is 0 Å². The fourth-order valence-electron chi connectivity index (χ4n) is 3.14. The molecule has 1 heterocycles. The van der Waals surface area contributed by atoms with E-state index >= 15 is 0 Å². The first kappa shape index (κ1) is 19.5. The van der Waals surface area contributed by atoms with Crippen molar-refractivity contribution < 1.29 is 0 Å². The van der Waals surface area contributed by atoms with Crippen LogP contribution in [0.2, 0.25) is 0 Å². The molecule has 3 aromatic carbocycles. The molecule has 0 aliphatic rings. The Balaban J connectivity index is 1.66. The number of aryl methyl sites for hydroxylation is 1. The van der Waals surface area contributed by atoms with Gasteiger partial charge < -0.3 is 0 Å². The summed E-state index contributed by atoms with van der Waals surface area (Å²) in [5, 5.41) is 13.2. The van der Waals surface area contributed by atoms with E-state index in [-0.39, 0.29) is 0 Å². The monoisotopic (exact) mass is 393 g/mol. The van der Waals surface area contributed by atoms with Gasteiger partial charge in [0.1, 0.15) is 11.4 Å². The number of nitrogens with one attached hydrogen (secondary N) is 1. The van der Waals surface area contributed by atoms with Crippen LogP contribution in [0.1, 0.15) is 25.0 Å². The lowest BCUT2D eigenvalue weighted by atomic mass is 10.0. The maximum atomic E-state index is 4.72. The summed E-state index contributed by atoms with van der Waals surface area (Å²) < 4.78 is 0. The zero-order chi connectivity index (χ0) is 20.8. The Kier molecular flexibility index (Phi) is 5.90. The van der Waals surface area contributed by atoms with Gasteiger partial charge in [0, 0.05) is 11.1 Å². The van der Waals surface area contributed by atoms with Crippen LogP contribution in [-0.2, 0) is 6.42 Å². The van der Waals surface area contributed by atoms with Crippen LogP contribution in [0.4, 0.5) is 5.95 Å². The highest BCUT2D eigenvalue weighted by atomic mass is 15.4. The Morgan fingerprint density at radius 1 is 0.767 bits per heavy atom. The fourth-order valence-corrected chi connectivity index (χ4v) is 3.14. The lowest BCUT2D eigenvalue weighted by molar-refractivity contribution is 0.972. The van der Waals surface area contributed by atoms with Gasteiger partial charge in [-0.25, -0.2) is 10.4 Å². The molecule has 0 radical (unpaired) electrons. The zero-order valence-corrected chi connectivity index (χ0v) is 17.1. The van der Waals surface area contributed by atoms with Crippen LogP contribution in [0, 0.1) is 0 Å². The lowest BCUT2D eigenvalue weighted by Gasteiger charge is -2.09. The number of hydrazone groups is 1. The average Bonchev–Trinajstić information content (AvgIpc) is 2.83. The molecule has 0 aliphatic carbocycles. The van der Waals surface area contributed by atoms with Gasteiger partial charge in [-0.05, 0) is 24.5 Å². The maximum Gasteiger partial charge on any atom is 0.263 e. The lowest BCUT2D eigenvalue weighted by Crippen LogP contribution is -2.05. The topological polar surface area (TPSA) is 63.1 Å². The molecule has 0 amide bonds. The highest BCUT2D eigenvalue weighted by molar-refractivity contribution is 5.99. The summed E-state index contributed by atoms with van der Waals surface area (Å²) in [5.41, 5.74) is 9.62. The summed E-state index contributed by atoms with van der Waals surface area (Å²) in [6, 6.07) is 28.3. The Bertz CT molecular complexity index is 1140. The van der Waals surface area contributed by atoms with Gasteiger partial charge >= 0.3 is 0 Å². The van der Waals surface area contributed by atoms with Crippen LogP contribution in [0.25, 0.3) is 22.5 Å². The van der Waals surface area contributed by atoms with E-state index in [0.717, 1.165) is 40.2 Å². The van der Waals surface area contributed by atoms with Crippen molar-refractivity contribution in [3.63, 3.8) is 0 Å². The van der Waals surface area contributed by atoms with Gasteiger partial charge in [-0.2, -0.15) is 5.10 Å². The molecular formula is C25H23N5. The van der Waals surface area contributed by atoms with Crippen molar-refractivity contribution in [2.75, 3.05) is 5.43 Å². The van der Waals surface area contributed by atoms with Crippen molar-refractivity contribution in [1.82, 2.24) is 15.2 Å². The van der Waals surface area contributed by atoms with E-state index < -0.39 is 0 Å². The third-order valence-corrected chi connectivity index (χ3v) is 4.88. The van der Waals surface area contributed by atoms with Gasteiger partial charge in [-0.1, -0.05) is 91.9 Å². The van der Waals surface area contributed by atoms with Crippen LogP contribution >= 0.6 is 0 Å². The Morgan fingerprint density at radius 3 is 1.97 bits per heavy atom. The molecule has 0 saturated carbocycles. The third kappa shape index (κ3) is 4.41. The second kappa shape index (κ2) is 9.09. The van der Waals surface area contributed by atoms with E-state index in [9.17, 15) is 0 Å². The number of hydrogen-bond acceptors (Lipinski definition) is 5. The molecule has 0 fully saturated rings. The van der Waals surface area contributed by atoms with Gasteiger partial charge in [0.05, 0.1) is 5.71 Å². The molecule has 0 bridgehead atoms. The van der Waals surface area contributed by atoms with Crippen molar-refractivity contribution in [2.45, 2.75) is 20.3 Å². The van der Waals surface area contributed by atoms with E-state index in [1.165, 1.54) is 5.56 Å². The third-order valence-electron chi connectivity index (χ3n) is 4.88. The Hall–Kier alpha value is -3.86. The molecule has 0 spiro atoms. The minimum absolute atomic E-state index is 0.359. The maximum absolute atomic E-state index is 4.72. The number of benzene rings is 3. The molecule has 1 aromatic heterocycles. The first-order valence-electron chi connectivity index (χ1n) is 10.00. The summed E-state index contributed by atoms with van der Waals surface area (Å²) in [5.74, 6) is 0.359. The molecule has 0 unspecified atom stereocenters. The molecule has 0 saturated heterocycles. The molecule has 1 N–H and O–H groups in total. The van der Waals surface area contributed by atoms with Crippen molar-refractivity contribution in [3.8, 4) is 22.5 Å². The first-order valence-corrected chi connectivity index (χ1v) is 10.00. The Morgan fingerprint density at radius 2 is 1.37 bits per heavy atom. The van der Waals surface area contributed by atoms with E-state index in [0.29, 0.717) is 5.95 Å². The van der Waals surface area contributed by atoms with Gasteiger partial charge in [-0.15, -0.1) is 10.2 Å². The summed E-state index contributed by atoms with van der Waals surface area (Å²) >= 11 is 0. The van der Waals surface area contributed by atoms with Crippen LogP contribution in [0.5, 0.6) is 0 Å². The van der Waals surface area contributed by atoms with Crippen molar-refractivity contribution in [1.29, 1.82) is 0 Å².